The molecule has 116 valence electrons. The van der Waals surface area contributed by atoms with E-state index in [4.69, 9.17) is 5.73 Å². The molecule has 1 heterocycles. The Balaban J connectivity index is 1.74. The SMILES string of the molecule is Nc1cccc(S(=O)(=O)N2CCC3(CCCCC3)CC2)c1. The molecular formula is C16H24N2O2S. The highest BCUT2D eigenvalue weighted by molar-refractivity contribution is 7.89. The Morgan fingerprint density at radius 2 is 1.67 bits per heavy atom. The van der Waals surface area contributed by atoms with Gasteiger partial charge in [-0.3, -0.25) is 0 Å². The van der Waals surface area contributed by atoms with E-state index in [1.54, 1.807) is 28.6 Å². The van der Waals surface area contributed by atoms with Crippen LogP contribution in [0.25, 0.3) is 0 Å². The second-order valence-electron chi connectivity index (χ2n) is 6.54. The standard InChI is InChI=1S/C16H24N2O2S/c17-14-5-4-6-15(13-14)21(19,20)18-11-9-16(10-12-18)7-2-1-3-8-16/h4-6,13H,1-3,7-12,17H2. The molecule has 5 heteroatoms. The molecule has 1 aromatic carbocycles. The maximum absolute atomic E-state index is 12.7. The van der Waals surface area contributed by atoms with Crippen molar-refractivity contribution in [2.45, 2.75) is 49.8 Å². The lowest BCUT2D eigenvalue weighted by Crippen LogP contribution is -2.43. The maximum atomic E-state index is 12.7. The van der Waals surface area contributed by atoms with E-state index in [-0.39, 0.29) is 0 Å². The molecule has 1 saturated carbocycles. The zero-order valence-electron chi connectivity index (χ0n) is 12.4. The van der Waals surface area contributed by atoms with Crippen molar-refractivity contribution in [3.05, 3.63) is 24.3 Å². The lowest BCUT2D eigenvalue weighted by Gasteiger charge is -2.43. The number of anilines is 1. The minimum absolute atomic E-state index is 0.321. The largest absolute Gasteiger partial charge is 0.399 e. The Hall–Kier alpha value is -1.07. The van der Waals surface area contributed by atoms with Crippen LogP contribution in [0.3, 0.4) is 0 Å². The second-order valence-corrected chi connectivity index (χ2v) is 8.48. The fourth-order valence-corrected chi connectivity index (χ4v) is 5.32. The van der Waals surface area contributed by atoms with Gasteiger partial charge >= 0.3 is 0 Å². The number of hydrogen-bond acceptors (Lipinski definition) is 3. The van der Waals surface area contributed by atoms with Crippen LogP contribution in [0.4, 0.5) is 5.69 Å². The Kier molecular flexibility index (Phi) is 3.97. The van der Waals surface area contributed by atoms with E-state index in [9.17, 15) is 8.42 Å². The quantitative estimate of drug-likeness (QED) is 0.854. The van der Waals surface area contributed by atoms with Gasteiger partial charge in [-0.1, -0.05) is 25.3 Å². The van der Waals surface area contributed by atoms with Gasteiger partial charge in [0, 0.05) is 18.8 Å². The Bertz CT molecular complexity index is 596. The van der Waals surface area contributed by atoms with Gasteiger partial charge in [-0.2, -0.15) is 4.31 Å². The van der Waals surface area contributed by atoms with Crippen LogP contribution in [0.5, 0.6) is 0 Å². The molecule has 0 bridgehead atoms. The molecule has 4 nitrogen and oxygen atoms in total. The highest BCUT2D eigenvalue weighted by Gasteiger charge is 2.38. The molecule has 0 atom stereocenters. The highest BCUT2D eigenvalue weighted by Crippen LogP contribution is 2.45. The fourth-order valence-electron chi connectivity index (χ4n) is 3.83. The van der Waals surface area contributed by atoms with Crippen molar-refractivity contribution in [2.75, 3.05) is 18.8 Å². The monoisotopic (exact) mass is 308 g/mol. The molecule has 1 spiro atoms. The topological polar surface area (TPSA) is 63.4 Å². The molecule has 1 aliphatic carbocycles. The van der Waals surface area contributed by atoms with Gasteiger partial charge in [-0.05, 0) is 49.3 Å². The van der Waals surface area contributed by atoms with Crippen molar-refractivity contribution in [2.24, 2.45) is 5.41 Å². The normalized spacial score (nSPS) is 23.2. The first-order valence-electron chi connectivity index (χ1n) is 7.88. The van der Waals surface area contributed by atoms with Gasteiger partial charge in [-0.15, -0.1) is 0 Å². The van der Waals surface area contributed by atoms with Crippen molar-refractivity contribution in [3.63, 3.8) is 0 Å². The Morgan fingerprint density at radius 1 is 1.00 bits per heavy atom. The summed E-state index contributed by atoms with van der Waals surface area (Å²) < 4.78 is 27.0. The lowest BCUT2D eigenvalue weighted by atomic mass is 9.68. The van der Waals surface area contributed by atoms with E-state index in [1.807, 2.05) is 0 Å². The van der Waals surface area contributed by atoms with Gasteiger partial charge in [0.1, 0.15) is 0 Å². The van der Waals surface area contributed by atoms with Crippen LogP contribution in [-0.2, 0) is 10.0 Å². The van der Waals surface area contributed by atoms with Crippen molar-refractivity contribution in [1.82, 2.24) is 4.31 Å². The fraction of sp³-hybridized carbons (Fsp3) is 0.625. The molecule has 3 rings (SSSR count). The minimum atomic E-state index is -3.39. The van der Waals surface area contributed by atoms with Gasteiger partial charge in [0.05, 0.1) is 4.90 Å². The summed E-state index contributed by atoms with van der Waals surface area (Å²) in [6.45, 7) is 1.30. The number of benzene rings is 1. The summed E-state index contributed by atoms with van der Waals surface area (Å²) >= 11 is 0. The minimum Gasteiger partial charge on any atom is -0.399 e. The van der Waals surface area contributed by atoms with E-state index in [2.05, 4.69) is 0 Å². The smallest absolute Gasteiger partial charge is 0.243 e. The summed E-state index contributed by atoms with van der Waals surface area (Å²) in [7, 11) is -3.39. The van der Waals surface area contributed by atoms with Crippen LogP contribution in [0.2, 0.25) is 0 Å². The van der Waals surface area contributed by atoms with Gasteiger partial charge in [0.25, 0.3) is 0 Å². The molecule has 1 aromatic rings. The first kappa shape index (κ1) is 14.9. The van der Waals surface area contributed by atoms with Gasteiger partial charge in [-0.25, -0.2) is 8.42 Å². The van der Waals surface area contributed by atoms with Crippen LogP contribution in [0.15, 0.2) is 29.2 Å². The van der Waals surface area contributed by atoms with Crippen LogP contribution < -0.4 is 5.73 Å². The number of nitrogens with two attached hydrogens (primary N) is 1. The zero-order valence-corrected chi connectivity index (χ0v) is 13.2. The maximum Gasteiger partial charge on any atom is 0.243 e. The van der Waals surface area contributed by atoms with Crippen LogP contribution in [0.1, 0.15) is 44.9 Å². The molecule has 1 saturated heterocycles. The average molecular weight is 308 g/mol. The van der Waals surface area contributed by atoms with Crippen LogP contribution >= 0.6 is 0 Å². The van der Waals surface area contributed by atoms with Crippen molar-refractivity contribution in [1.29, 1.82) is 0 Å². The van der Waals surface area contributed by atoms with E-state index in [0.29, 0.717) is 29.1 Å². The lowest BCUT2D eigenvalue weighted by molar-refractivity contribution is 0.102. The number of hydrogen-bond donors (Lipinski definition) is 1. The van der Waals surface area contributed by atoms with Crippen molar-refractivity contribution >= 4 is 15.7 Å². The number of rotatable bonds is 2. The van der Waals surface area contributed by atoms with E-state index in [0.717, 1.165) is 12.8 Å². The third-order valence-electron chi connectivity index (χ3n) is 5.19. The summed E-state index contributed by atoms with van der Waals surface area (Å²) in [6, 6.07) is 6.61. The number of sulfonamides is 1. The molecule has 0 radical (unpaired) electrons. The molecule has 2 aliphatic rings. The molecular weight excluding hydrogens is 284 g/mol. The first-order valence-corrected chi connectivity index (χ1v) is 9.32. The molecule has 0 amide bonds. The van der Waals surface area contributed by atoms with Gasteiger partial charge < -0.3 is 5.73 Å². The molecule has 21 heavy (non-hydrogen) atoms. The van der Waals surface area contributed by atoms with Crippen LogP contribution in [-0.4, -0.2) is 25.8 Å². The van der Waals surface area contributed by atoms with Crippen molar-refractivity contribution in [3.8, 4) is 0 Å². The summed E-state index contributed by atoms with van der Waals surface area (Å²) in [5.74, 6) is 0. The van der Waals surface area contributed by atoms with E-state index >= 15 is 0 Å². The summed E-state index contributed by atoms with van der Waals surface area (Å²) in [6.07, 6.45) is 8.53. The number of nitrogen functional groups attached to an aromatic ring is 1. The third-order valence-corrected chi connectivity index (χ3v) is 7.09. The molecule has 2 N–H and O–H groups in total. The first-order chi connectivity index (χ1) is 10.0. The van der Waals surface area contributed by atoms with E-state index < -0.39 is 10.0 Å². The molecule has 2 fully saturated rings. The van der Waals surface area contributed by atoms with Crippen LogP contribution in [0, 0.1) is 5.41 Å². The predicted octanol–water partition coefficient (Wildman–Crippen LogP) is 3.00. The Labute approximate surface area is 127 Å². The van der Waals surface area contributed by atoms with Gasteiger partial charge in [0.2, 0.25) is 10.0 Å². The molecule has 0 unspecified atom stereocenters. The highest BCUT2D eigenvalue weighted by atomic mass is 32.2. The summed E-state index contributed by atoms with van der Waals surface area (Å²) in [5.41, 5.74) is 6.63. The van der Waals surface area contributed by atoms with Crippen molar-refractivity contribution < 1.29 is 8.42 Å². The Morgan fingerprint density at radius 3 is 2.29 bits per heavy atom. The number of piperidine rings is 1. The second kappa shape index (κ2) is 5.61. The average Bonchev–Trinajstić information content (AvgIpc) is 2.48. The summed E-state index contributed by atoms with van der Waals surface area (Å²) in [5, 5.41) is 0. The summed E-state index contributed by atoms with van der Waals surface area (Å²) in [4.78, 5) is 0.321. The molecule has 1 aliphatic heterocycles. The third kappa shape index (κ3) is 2.94. The van der Waals surface area contributed by atoms with Gasteiger partial charge in [0.15, 0.2) is 0 Å². The molecule has 0 aromatic heterocycles. The van der Waals surface area contributed by atoms with E-state index in [1.165, 1.54) is 32.1 Å². The predicted molar refractivity (Wildman–Crippen MR) is 84.4 cm³/mol. The zero-order chi connectivity index (χ0) is 14.9. The number of nitrogens with zero attached hydrogens (tertiary/aromatic N) is 1.